The van der Waals surface area contributed by atoms with Crippen molar-refractivity contribution in [1.82, 2.24) is 15.1 Å². The van der Waals surface area contributed by atoms with Crippen LogP contribution in [0.2, 0.25) is 0 Å². The van der Waals surface area contributed by atoms with Gasteiger partial charge in [0, 0.05) is 51.3 Å². The van der Waals surface area contributed by atoms with Crippen LogP contribution in [0.4, 0.5) is 0 Å². The van der Waals surface area contributed by atoms with Crippen molar-refractivity contribution in [1.29, 1.82) is 0 Å². The van der Waals surface area contributed by atoms with Crippen molar-refractivity contribution in [2.24, 2.45) is 5.92 Å². The predicted molar refractivity (Wildman–Crippen MR) is 138 cm³/mol. The molecular formula is C29H37N3O3. The maximum absolute atomic E-state index is 12.7. The van der Waals surface area contributed by atoms with Gasteiger partial charge in [-0.2, -0.15) is 0 Å². The normalized spacial score (nSPS) is 21.8. The van der Waals surface area contributed by atoms with E-state index in [0.29, 0.717) is 32.5 Å². The van der Waals surface area contributed by atoms with E-state index in [0.717, 1.165) is 30.8 Å². The third kappa shape index (κ3) is 7.51. The number of amides is 2. The molecule has 0 radical (unpaired) electrons. The molecule has 2 aromatic rings. The van der Waals surface area contributed by atoms with Gasteiger partial charge in [-0.3, -0.25) is 14.5 Å². The first-order valence-electron chi connectivity index (χ1n) is 12.7. The molecule has 0 bridgehead atoms. The molecule has 0 aliphatic carbocycles. The zero-order valence-corrected chi connectivity index (χ0v) is 20.9. The molecular weight excluding hydrogens is 438 g/mol. The minimum Gasteiger partial charge on any atom is -0.373 e. The van der Waals surface area contributed by atoms with Crippen molar-refractivity contribution in [3.05, 3.63) is 77.4 Å². The predicted octanol–water partition coefficient (Wildman–Crippen LogP) is 3.86. The molecule has 186 valence electrons. The fourth-order valence-corrected chi connectivity index (χ4v) is 4.97. The Bertz CT molecular complexity index is 988. The second-order valence-corrected chi connectivity index (χ2v) is 9.83. The number of benzene rings is 2. The molecule has 35 heavy (non-hydrogen) atoms. The SMILES string of the molecule is CC1CN(Cc2ccc(CNC(=O)C3CCN(C(=O)/C=C/c4ccccc4)CC3)cc2)CC(C)O1. The first-order valence-corrected chi connectivity index (χ1v) is 12.7. The van der Waals surface area contributed by atoms with Gasteiger partial charge in [0.1, 0.15) is 0 Å². The van der Waals surface area contributed by atoms with Gasteiger partial charge in [-0.05, 0) is 49.5 Å². The Morgan fingerprint density at radius 3 is 2.23 bits per heavy atom. The molecule has 2 aliphatic rings. The van der Waals surface area contributed by atoms with E-state index < -0.39 is 0 Å². The summed E-state index contributed by atoms with van der Waals surface area (Å²) in [5.41, 5.74) is 3.39. The number of hydrogen-bond acceptors (Lipinski definition) is 4. The number of nitrogens with zero attached hydrogens (tertiary/aromatic N) is 2. The maximum Gasteiger partial charge on any atom is 0.246 e. The lowest BCUT2D eigenvalue weighted by atomic mass is 9.95. The molecule has 0 aromatic heterocycles. The van der Waals surface area contributed by atoms with Gasteiger partial charge in [-0.25, -0.2) is 0 Å². The number of hydrogen-bond donors (Lipinski definition) is 1. The van der Waals surface area contributed by atoms with Gasteiger partial charge < -0.3 is 15.0 Å². The quantitative estimate of drug-likeness (QED) is 0.618. The van der Waals surface area contributed by atoms with Gasteiger partial charge in [0.2, 0.25) is 11.8 Å². The number of likely N-dealkylation sites (tertiary alicyclic amines) is 1. The van der Waals surface area contributed by atoms with Crippen molar-refractivity contribution in [2.45, 2.75) is 52.0 Å². The van der Waals surface area contributed by atoms with Crippen LogP contribution >= 0.6 is 0 Å². The van der Waals surface area contributed by atoms with Crippen LogP contribution in [0.15, 0.2) is 60.7 Å². The standard InChI is InChI=1S/C29H37N3O3/c1-22-19-31(20-23(2)35-22)21-26-10-8-25(9-11-26)18-30-29(34)27-14-16-32(17-15-27)28(33)13-12-24-6-4-3-5-7-24/h3-13,22-23,27H,14-21H2,1-2H3,(H,30,34)/b13-12+. The summed E-state index contributed by atoms with van der Waals surface area (Å²) in [5.74, 6) is 0.0489. The van der Waals surface area contributed by atoms with E-state index in [1.165, 1.54) is 5.56 Å². The topological polar surface area (TPSA) is 61.9 Å². The number of morpholine rings is 1. The van der Waals surface area contributed by atoms with Crippen LogP contribution in [-0.4, -0.2) is 60.0 Å². The summed E-state index contributed by atoms with van der Waals surface area (Å²) in [7, 11) is 0. The van der Waals surface area contributed by atoms with Crippen molar-refractivity contribution in [2.75, 3.05) is 26.2 Å². The van der Waals surface area contributed by atoms with Crippen LogP contribution in [0.1, 0.15) is 43.4 Å². The second kappa shape index (κ2) is 12.1. The zero-order chi connectivity index (χ0) is 24.6. The highest BCUT2D eigenvalue weighted by molar-refractivity contribution is 5.92. The first-order chi connectivity index (χ1) is 17.0. The molecule has 2 atom stereocenters. The van der Waals surface area contributed by atoms with Crippen LogP contribution < -0.4 is 5.32 Å². The van der Waals surface area contributed by atoms with Gasteiger partial charge in [0.25, 0.3) is 0 Å². The molecule has 2 amide bonds. The lowest BCUT2D eigenvalue weighted by Gasteiger charge is -2.35. The van der Waals surface area contributed by atoms with Gasteiger partial charge in [0.15, 0.2) is 0 Å². The third-order valence-electron chi connectivity index (χ3n) is 6.79. The molecule has 2 saturated heterocycles. The third-order valence-corrected chi connectivity index (χ3v) is 6.79. The summed E-state index contributed by atoms with van der Waals surface area (Å²) < 4.78 is 5.82. The van der Waals surface area contributed by atoms with Crippen molar-refractivity contribution >= 4 is 17.9 Å². The van der Waals surface area contributed by atoms with Gasteiger partial charge >= 0.3 is 0 Å². The molecule has 1 N–H and O–H groups in total. The van der Waals surface area contributed by atoms with E-state index >= 15 is 0 Å². The Morgan fingerprint density at radius 1 is 0.943 bits per heavy atom. The number of piperidine rings is 1. The molecule has 2 aromatic carbocycles. The summed E-state index contributed by atoms with van der Waals surface area (Å²) >= 11 is 0. The summed E-state index contributed by atoms with van der Waals surface area (Å²) in [5, 5.41) is 3.09. The minimum absolute atomic E-state index is 0.00814. The highest BCUT2D eigenvalue weighted by Crippen LogP contribution is 2.19. The van der Waals surface area contributed by atoms with Crippen LogP contribution in [-0.2, 0) is 27.4 Å². The number of carbonyl (C=O) groups excluding carboxylic acids is 2. The molecule has 2 fully saturated rings. The smallest absolute Gasteiger partial charge is 0.246 e. The van der Waals surface area contributed by atoms with Crippen LogP contribution in [0.25, 0.3) is 6.08 Å². The molecule has 0 saturated carbocycles. The molecule has 4 rings (SSSR count). The van der Waals surface area contributed by atoms with E-state index in [9.17, 15) is 9.59 Å². The van der Waals surface area contributed by atoms with Crippen molar-refractivity contribution in [3.63, 3.8) is 0 Å². The zero-order valence-electron chi connectivity index (χ0n) is 20.9. The van der Waals surface area contributed by atoms with Gasteiger partial charge in [-0.15, -0.1) is 0 Å². The second-order valence-electron chi connectivity index (χ2n) is 9.83. The number of rotatable bonds is 7. The highest BCUT2D eigenvalue weighted by Gasteiger charge is 2.26. The Hall–Kier alpha value is -2.96. The largest absolute Gasteiger partial charge is 0.373 e. The van der Waals surface area contributed by atoms with E-state index in [1.807, 2.05) is 41.3 Å². The van der Waals surface area contributed by atoms with E-state index in [4.69, 9.17) is 4.74 Å². The molecule has 6 nitrogen and oxygen atoms in total. The van der Waals surface area contributed by atoms with E-state index in [-0.39, 0.29) is 29.9 Å². The fraction of sp³-hybridized carbons (Fsp3) is 0.448. The maximum atomic E-state index is 12.7. The molecule has 2 heterocycles. The van der Waals surface area contributed by atoms with Crippen molar-refractivity contribution in [3.8, 4) is 0 Å². The lowest BCUT2D eigenvalue weighted by Crippen LogP contribution is -2.44. The Labute approximate surface area is 208 Å². The van der Waals surface area contributed by atoms with E-state index in [2.05, 4.69) is 48.3 Å². The van der Waals surface area contributed by atoms with Crippen LogP contribution in [0.5, 0.6) is 0 Å². The number of ether oxygens (including phenoxy) is 1. The molecule has 0 spiro atoms. The van der Waals surface area contributed by atoms with Crippen LogP contribution in [0.3, 0.4) is 0 Å². The summed E-state index contributed by atoms with van der Waals surface area (Å²) in [6, 6.07) is 18.3. The molecule has 2 unspecified atom stereocenters. The summed E-state index contributed by atoms with van der Waals surface area (Å²) in [4.78, 5) is 29.4. The van der Waals surface area contributed by atoms with Crippen LogP contribution in [0, 0.1) is 5.92 Å². The highest BCUT2D eigenvalue weighted by atomic mass is 16.5. The minimum atomic E-state index is -0.0401. The van der Waals surface area contributed by atoms with Crippen molar-refractivity contribution < 1.29 is 14.3 Å². The Balaban J connectivity index is 1.18. The Morgan fingerprint density at radius 2 is 1.57 bits per heavy atom. The lowest BCUT2D eigenvalue weighted by molar-refractivity contribution is -0.132. The van der Waals surface area contributed by atoms with E-state index in [1.54, 1.807) is 6.08 Å². The molecule has 6 heteroatoms. The number of carbonyl (C=O) groups is 2. The fourth-order valence-electron chi connectivity index (χ4n) is 4.97. The van der Waals surface area contributed by atoms with Gasteiger partial charge in [0.05, 0.1) is 12.2 Å². The van der Waals surface area contributed by atoms with Gasteiger partial charge in [-0.1, -0.05) is 54.6 Å². The molecule has 2 aliphatic heterocycles. The number of nitrogens with one attached hydrogen (secondary N) is 1. The monoisotopic (exact) mass is 475 g/mol. The average Bonchev–Trinajstić information content (AvgIpc) is 2.87. The average molecular weight is 476 g/mol. The first kappa shape index (κ1) is 25.1. The Kier molecular flexibility index (Phi) is 8.72. The summed E-state index contributed by atoms with van der Waals surface area (Å²) in [6.45, 7) is 8.84. The summed E-state index contributed by atoms with van der Waals surface area (Å²) in [6.07, 6.45) is 5.40.